The van der Waals surface area contributed by atoms with Crippen LogP contribution >= 0.6 is 35.6 Å². The highest BCUT2D eigenvalue weighted by atomic mass is 127. The van der Waals surface area contributed by atoms with Crippen molar-refractivity contribution in [2.45, 2.75) is 13.0 Å². The second kappa shape index (κ2) is 11.0. The van der Waals surface area contributed by atoms with Crippen molar-refractivity contribution in [1.82, 2.24) is 0 Å². The number of hydrogen-bond acceptors (Lipinski definition) is 4. The maximum atomic E-state index is 5.92. The molecule has 2 aromatic carbocycles. The maximum Gasteiger partial charge on any atom is 0.193 e. The van der Waals surface area contributed by atoms with Crippen LogP contribution in [0.3, 0.4) is 0 Å². The lowest BCUT2D eigenvalue weighted by Crippen LogP contribution is -2.25. The molecule has 26 heavy (non-hydrogen) atoms. The van der Waals surface area contributed by atoms with E-state index in [0.29, 0.717) is 29.0 Å². The van der Waals surface area contributed by atoms with E-state index in [1.54, 1.807) is 38.5 Å². The minimum absolute atomic E-state index is 0. The van der Waals surface area contributed by atoms with Gasteiger partial charge < -0.3 is 25.3 Å². The fraction of sp³-hybridized carbons (Fsp3) is 0.278. The molecule has 3 N–H and O–H groups in total. The van der Waals surface area contributed by atoms with Crippen LogP contribution in [0.5, 0.6) is 17.2 Å². The molecule has 0 spiro atoms. The van der Waals surface area contributed by atoms with Gasteiger partial charge in [-0.1, -0.05) is 11.6 Å². The number of ether oxygens (including phenoxy) is 3. The van der Waals surface area contributed by atoms with Crippen LogP contribution in [0.4, 0.5) is 5.69 Å². The highest BCUT2D eigenvalue weighted by Gasteiger charge is 2.06. The Hall–Kier alpha value is -1.87. The van der Waals surface area contributed by atoms with Gasteiger partial charge in [0.05, 0.1) is 20.8 Å². The normalized spacial score (nSPS) is 11.9. The van der Waals surface area contributed by atoms with Gasteiger partial charge >= 0.3 is 0 Å². The molecule has 0 aliphatic rings. The predicted octanol–water partition coefficient (Wildman–Crippen LogP) is 4.17. The van der Waals surface area contributed by atoms with E-state index in [1.807, 2.05) is 25.1 Å². The summed E-state index contributed by atoms with van der Waals surface area (Å²) in [6.07, 6.45) is -0.132. The van der Waals surface area contributed by atoms with E-state index in [0.717, 1.165) is 11.4 Å². The van der Waals surface area contributed by atoms with E-state index < -0.39 is 0 Å². The molecule has 1 atom stereocenters. The quantitative estimate of drug-likeness (QED) is 0.345. The molecule has 0 aliphatic carbocycles. The van der Waals surface area contributed by atoms with Crippen LogP contribution in [-0.4, -0.2) is 32.8 Å². The zero-order valence-corrected chi connectivity index (χ0v) is 17.9. The first-order valence-corrected chi connectivity index (χ1v) is 8.11. The average molecular weight is 492 g/mol. The Balaban J connectivity index is 0.00000338. The molecule has 0 bridgehead atoms. The van der Waals surface area contributed by atoms with E-state index >= 15 is 0 Å². The van der Waals surface area contributed by atoms with Gasteiger partial charge in [0, 0.05) is 16.8 Å². The highest BCUT2D eigenvalue weighted by Crippen LogP contribution is 2.29. The molecular weight excluding hydrogens is 469 g/mol. The number of nitrogens with two attached hydrogens (primary N) is 1. The first-order valence-electron chi connectivity index (χ1n) is 7.73. The number of nitrogens with zero attached hydrogens (tertiary/aromatic N) is 1. The van der Waals surface area contributed by atoms with E-state index in [1.165, 1.54) is 0 Å². The van der Waals surface area contributed by atoms with E-state index in [4.69, 9.17) is 31.5 Å². The summed E-state index contributed by atoms with van der Waals surface area (Å²) in [6, 6.07) is 12.6. The zero-order valence-electron chi connectivity index (χ0n) is 14.9. The first kappa shape index (κ1) is 22.2. The number of halogens is 2. The largest absolute Gasteiger partial charge is 0.493 e. The topological polar surface area (TPSA) is 78.1 Å². The molecule has 2 aromatic rings. The van der Waals surface area contributed by atoms with Crippen LogP contribution in [0.1, 0.15) is 6.92 Å². The van der Waals surface area contributed by atoms with Gasteiger partial charge in [-0.25, -0.2) is 4.99 Å². The third-order valence-corrected chi connectivity index (χ3v) is 3.58. The molecule has 0 saturated heterocycles. The van der Waals surface area contributed by atoms with Crippen molar-refractivity contribution in [3.63, 3.8) is 0 Å². The van der Waals surface area contributed by atoms with E-state index in [2.05, 4.69) is 10.3 Å². The van der Waals surface area contributed by atoms with Gasteiger partial charge in [0.15, 0.2) is 17.5 Å². The van der Waals surface area contributed by atoms with Crippen LogP contribution in [0.2, 0.25) is 5.02 Å². The second-order valence-corrected chi connectivity index (χ2v) is 5.74. The Morgan fingerprint density at radius 1 is 1.12 bits per heavy atom. The lowest BCUT2D eigenvalue weighted by molar-refractivity contribution is 0.230. The van der Waals surface area contributed by atoms with Gasteiger partial charge in [0.25, 0.3) is 0 Å². The van der Waals surface area contributed by atoms with Crippen molar-refractivity contribution in [3.05, 3.63) is 47.5 Å². The Morgan fingerprint density at radius 3 is 2.38 bits per heavy atom. The number of guanidine groups is 1. The molecule has 142 valence electrons. The van der Waals surface area contributed by atoms with Crippen molar-refractivity contribution >= 4 is 47.2 Å². The number of benzene rings is 2. The molecule has 0 radical (unpaired) electrons. The summed E-state index contributed by atoms with van der Waals surface area (Å²) in [6.45, 7) is 2.33. The summed E-state index contributed by atoms with van der Waals surface area (Å²) in [4.78, 5) is 4.29. The summed E-state index contributed by atoms with van der Waals surface area (Å²) in [7, 11) is 3.16. The third-order valence-electron chi connectivity index (χ3n) is 3.33. The summed E-state index contributed by atoms with van der Waals surface area (Å²) < 4.78 is 16.2. The van der Waals surface area contributed by atoms with E-state index in [9.17, 15) is 0 Å². The SMILES string of the molecule is COc1ccc(NC(N)=NCC(C)Oc2ccc(Cl)cc2)cc1OC.I. The fourth-order valence-electron chi connectivity index (χ4n) is 2.11. The van der Waals surface area contributed by atoms with Crippen LogP contribution < -0.4 is 25.3 Å². The molecule has 0 aromatic heterocycles. The average Bonchev–Trinajstić information content (AvgIpc) is 2.62. The fourth-order valence-corrected chi connectivity index (χ4v) is 2.24. The molecule has 8 heteroatoms. The smallest absolute Gasteiger partial charge is 0.193 e. The third kappa shape index (κ3) is 6.80. The number of rotatable bonds is 7. The first-order chi connectivity index (χ1) is 12.0. The molecule has 0 amide bonds. The molecule has 1 unspecified atom stereocenters. The number of methoxy groups -OCH3 is 2. The van der Waals surface area contributed by atoms with Gasteiger partial charge in [-0.15, -0.1) is 24.0 Å². The highest BCUT2D eigenvalue weighted by molar-refractivity contribution is 14.0. The predicted molar refractivity (Wildman–Crippen MR) is 117 cm³/mol. The van der Waals surface area contributed by atoms with Crippen molar-refractivity contribution in [2.24, 2.45) is 10.7 Å². The molecule has 6 nitrogen and oxygen atoms in total. The van der Waals surface area contributed by atoms with Crippen LogP contribution in [0, 0.1) is 0 Å². The maximum absolute atomic E-state index is 5.92. The zero-order chi connectivity index (χ0) is 18.2. The molecule has 0 aliphatic heterocycles. The van der Waals surface area contributed by atoms with Gasteiger partial charge in [-0.05, 0) is 43.3 Å². The van der Waals surface area contributed by atoms with Crippen molar-refractivity contribution < 1.29 is 14.2 Å². The lowest BCUT2D eigenvalue weighted by atomic mass is 10.3. The van der Waals surface area contributed by atoms with Crippen molar-refractivity contribution in [1.29, 1.82) is 0 Å². The molecule has 0 saturated carbocycles. The standard InChI is InChI=1S/C18H22ClN3O3.HI/c1-12(25-15-7-4-13(19)5-8-15)11-21-18(20)22-14-6-9-16(23-2)17(10-14)24-3;/h4-10,12H,11H2,1-3H3,(H3,20,21,22);1H. The number of nitrogens with one attached hydrogen (secondary N) is 1. The van der Waals surface area contributed by atoms with Gasteiger partial charge in [-0.3, -0.25) is 0 Å². The van der Waals surface area contributed by atoms with Gasteiger partial charge in [0.2, 0.25) is 0 Å². The number of anilines is 1. The van der Waals surface area contributed by atoms with Crippen LogP contribution in [0.25, 0.3) is 0 Å². The Bertz CT molecular complexity index is 726. The number of aliphatic imine (C=N–C) groups is 1. The summed E-state index contributed by atoms with van der Waals surface area (Å²) in [5.74, 6) is 2.28. The second-order valence-electron chi connectivity index (χ2n) is 5.30. The Labute approximate surface area is 175 Å². The van der Waals surface area contributed by atoms with Gasteiger partial charge in [0.1, 0.15) is 11.9 Å². The molecular formula is C18H23ClIN3O3. The molecule has 0 heterocycles. The van der Waals surface area contributed by atoms with Crippen LogP contribution in [0.15, 0.2) is 47.5 Å². The van der Waals surface area contributed by atoms with Gasteiger partial charge in [-0.2, -0.15) is 0 Å². The lowest BCUT2D eigenvalue weighted by Gasteiger charge is -2.14. The monoisotopic (exact) mass is 491 g/mol. The minimum Gasteiger partial charge on any atom is -0.493 e. The van der Waals surface area contributed by atoms with Crippen molar-refractivity contribution in [2.75, 3.05) is 26.1 Å². The van der Waals surface area contributed by atoms with Crippen molar-refractivity contribution in [3.8, 4) is 17.2 Å². The van der Waals surface area contributed by atoms with Crippen LogP contribution in [-0.2, 0) is 0 Å². The van der Waals surface area contributed by atoms with E-state index in [-0.39, 0.29) is 30.1 Å². The Kier molecular flexibility index (Phi) is 9.36. The molecule has 0 fully saturated rings. The molecule has 2 rings (SSSR count). The summed E-state index contributed by atoms with van der Waals surface area (Å²) >= 11 is 5.85. The summed E-state index contributed by atoms with van der Waals surface area (Å²) in [5, 5.41) is 3.68. The number of hydrogen-bond donors (Lipinski definition) is 2. The Morgan fingerprint density at radius 2 is 1.77 bits per heavy atom. The summed E-state index contributed by atoms with van der Waals surface area (Å²) in [5.41, 5.74) is 6.68. The minimum atomic E-state index is -0.132.